The lowest BCUT2D eigenvalue weighted by Crippen LogP contribution is -2.30. The Balaban J connectivity index is 1.58. The fourth-order valence-electron chi connectivity index (χ4n) is 3.74. The van der Waals surface area contributed by atoms with Crippen molar-refractivity contribution >= 4 is 35.0 Å². The minimum atomic E-state index is -0.969. The summed E-state index contributed by atoms with van der Waals surface area (Å²) in [4.78, 5) is 24.8. The minimum Gasteiger partial charge on any atom is -0.480 e. The Bertz CT molecular complexity index is 867. The Morgan fingerprint density at radius 1 is 1.00 bits per heavy atom. The van der Waals surface area contributed by atoms with Gasteiger partial charge in [-0.2, -0.15) is 0 Å². The van der Waals surface area contributed by atoms with E-state index < -0.39 is 17.9 Å². The summed E-state index contributed by atoms with van der Waals surface area (Å²) in [7, 11) is 0. The summed E-state index contributed by atoms with van der Waals surface area (Å²) in [6, 6.07) is 12.8. The van der Waals surface area contributed by atoms with Crippen molar-refractivity contribution in [2.24, 2.45) is 11.8 Å². The van der Waals surface area contributed by atoms with Crippen LogP contribution in [-0.2, 0) is 14.3 Å². The fourth-order valence-corrected chi connectivity index (χ4v) is 3.95. The van der Waals surface area contributed by atoms with E-state index >= 15 is 0 Å². The van der Waals surface area contributed by atoms with E-state index in [2.05, 4.69) is 0 Å². The van der Waals surface area contributed by atoms with Gasteiger partial charge in [-0.1, -0.05) is 29.8 Å². The molecule has 31 heavy (non-hydrogen) atoms. The van der Waals surface area contributed by atoms with E-state index in [0.717, 1.165) is 25.7 Å². The van der Waals surface area contributed by atoms with Gasteiger partial charge in [-0.25, -0.2) is 18.9 Å². The number of carboxylic acids is 1. The van der Waals surface area contributed by atoms with Crippen LogP contribution in [0.2, 0.25) is 5.02 Å². The summed E-state index contributed by atoms with van der Waals surface area (Å²) in [5, 5.41) is 8.83. The van der Waals surface area contributed by atoms with Gasteiger partial charge in [0.1, 0.15) is 12.4 Å². The van der Waals surface area contributed by atoms with Gasteiger partial charge in [0.15, 0.2) is 0 Å². The number of nitrogens with zero attached hydrogens (tertiary/aromatic N) is 1. The summed E-state index contributed by atoms with van der Waals surface area (Å²) in [5.41, 5.74) is 0.842. The van der Waals surface area contributed by atoms with Crippen molar-refractivity contribution in [2.75, 3.05) is 24.7 Å². The van der Waals surface area contributed by atoms with Gasteiger partial charge in [0.2, 0.25) is 0 Å². The Kier molecular flexibility index (Phi) is 8.26. The van der Waals surface area contributed by atoms with Crippen molar-refractivity contribution in [3.8, 4) is 0 Å². The maximum absolute atomic E-state index is 13.9. The van der Waals surface area contributed by atoms with Crippen LogP contribution in [0.25, 0.3) is 0 Å². The highest BCUT2D eigenvalue weighted by molar-refractivity contribution is 6.31. The van der Waals surface area contributed by atoms with Gasteiger partial charge >= 0.3 is 12.1 Å². The van der Waals surface area contributed by atoms with Crippen molar-refractivity contribution in [3.63, 3.8) is 0 Å². The Labute approximate surface area is 185 Å². The number of carboxylic acid groups (broad SMARTS) is 1. The van der Waals surface area contributed by atoms with Crippen LogP contribution in [0.15, 0.2) is 48.5 Å². The van der Waals surface area contributed by atoms with E-state index in [4.69, 9.17) is 26.2 Å². The molecule has 2 aromatic rings. The number of benzene rings is 2. The third-order valence-electron chi connectivity index (χ3n) is 5.29. The second-order valence-corrected chi connectivity index (χ2v) is 8.11. The first-order valence-corrected chi connectivity index (χ1v) is 10.6. The number of hydrogen-bond acceptors (Lipinski definition) is 4. The van der Waals surface area contributed by atoms with Gasteiger partial charge in [-0.3, -0.25) is 0 Å². The number of rotatable bonds is 8. The van der Waals surface area contributed by atoms with E-state index in [0.29, 0.717) is 23.9 Å². The molecular formula is C23H25ClFNO5. The molecule has 1 saturated carbocycles. The molecule has 2 aromatic carbocycles. The second-order valence-electron chi connectivity index (χ2n) is 7.67. The largest absolute Gasteiger partial charge is 0.480 e. The van der Waals surface area contributed by atoms with Gasteiger partial charge < -0.3 is 14.6 Å². The number of hydrogen-bond donors (Lipinski definition) is 1. The molecule has 1 N–H and O–H groups in total. The van der Waals surface area contributed by atoms with Crippen LogP contribution in [0.3, 0.4) is 0 Å². The van der Waals surface area contributed by atoms with Crippen molar-refractivity contribution in [2.45, 2.75) is 25.7 Å². The normalized spacial score (nSPS) is 18.4. The molecule has 1 aliphatic carbocycles. The fraction of sp³-hybridized carbons (Fsp3) is 0.391. The molecule has 166 valence electrons. The molecule has 0 spiro atoms. The predicted molar refractivity (Wildman–Crippen MR) is 115 cm³/mol. The Hall–Kier alpha value is -2.64. The minimum absolute atomic E-state index is 0.187. The summed E-state index contributed by atoms with van der Waals surface area (Å²) in [5.74, 6) is -0.974. The zero-order valence-electron chi connectivity index (χ0n) is 17.0. The van der Waals surface area contributed by atoms with Crippen LogP contribution >= 0.6 is 11.6 Å². The molecule has 3 rings (SSSR count). The molecule has 0 radical (unpaired) electrons. The average Bonchev–Trinajstić information content (AvgIpc) is 2.73. The van der Waals surface area contributed by atoms with E-state index in [1.807, 2.05) is 6.07 Å². The quantitative estimate of drug-likeness (QED) is 0.562. The average molecular weight is 450 g/mol. The first-order chi connectivity index (χ1) is 14.9. The molecular weight excluding hydrogens is 425 g/mol. The summed E-state index contributed by atoms with van der Waals surface area (Å²) >= 11 is 5.99. The number of ether oxygens (including phenoxy) is 2. The van der Waals surface area contributed by atoms with Gasteiger partial charge in [0, 0.05) is 5.02 Å². The lowest BCUT2D eigenvalue weighted by atomic mass is 9.83. The van der Waals surface area contributed by atoms with Gasteiger partial charge in [-0.15, -0.1) is 0 Å². The van der Waals surface area contributed by atoms with E-state index in [9.17, 15) is 14.0 Å². The maximum atomic E-state index is 13.9. The molecule has 0 aliphatic heterocycles. The monoisotopic (exact) mass is 449 g/mol. The summed E-state index contributed by atoms with van der Waals surface area (Å²) in [6.45, 7) is 0.409. The molecule has 0 heterocycles. The van der Waals surface area contributed by atoms with Crippen molar-refractivity contribution in [1.29, 1.82) is 0 Å². The first kappa shape index (κ1) is 23.0. The lowest BCUT2D eigenvalue weighted by molar-refractivity contribution is -0.142. The smallest absolute Gasteiger partial charge is 0.418 e. The molecule has 1 fully saturated rings. The van der Waals surface area contributed by atoms with Crippen molar-refractivity contribution in [3.05, 3.63) is 59.4 Å². The molecule has 0 atom stereocenters. The molecule has 0 saturated heterocycles. The number of anilines is 2. The highest BCUT2D eigenvalue weighted by Gasteiger charge is 2.25. The van der Waals surface area contributed by atoms with Crippen molar-refractivity contribution in [1.82, 2.24) is 0 Å². The number of amides is 1. The SMILES string of the molecule is O=C(O)COCC1CCC(COC(=O)N(c2ccccc2)c2cc(F)cc(Cl)c2)CC1. The van der Waals surface area contributed by atoms with Crippen LogP contribution < -0.4 is 4.90 Å². The van der Waals surface area contributed by atoms with E-state index in [1.54, 1.807) is 24.3 Å². The topological polar surface area (TPSA) is 76.1 Å². The third kappa shape index (κ3) is 6.94. The van der Waals surface area contributed by atoms with Gasteiger partial charge in [-0.05, 0) is 67.9 Å². The summed E-state index contributed by atoms with van der Waals surface area (Å²) < 4.78 is 24.7. The van der Waals surface area contributed by atoms with Crippen LogP contribution in [0.4, 0.5) is 20.6 Å². The van der Waals surface area contributed by atoms with Crippen LogP contribution in [0.5, 0.6) is 0 Å². The predicted octanol–water partition coefficient (Wildman–Crippen LogP) is 5.66. The Morgan fingerprint density at radius 2 is 1.65 bits per heavy atom. The first-order valence-electron chi connectivity index (χ1n) is 10.2. The maximum Gasteiger partial charge on any atom is 0.418 e. The van der Waals surface area contributed by atoms with Gasteiger partial charge in [0.05, 0.1) is 24.6 Å². The zero-order chi connectivity index (χ0) is 22.2. The van der Waals surface area contributed by atoms with Crippen LogP contribution in [0, 0.1) is 17.7 Å². The highest BCUT2D eigenvalue weighted by atomic mass is 35.5. The molecule has 8 heteroatoms. The van der Waals surface area contributed by atoms with E-state index in [-0.39, 0.29) is 24.2 Å². The lowest BCUT2D eigenvalue weighted by Gasteiger charge is -2.29. The number of halogens is 2. The number of para-hydroxylation sites is 1. The third-order valence-corrected chi connectivity index (χ3v) is 5.51. The Morgan fingerprint density at radius 3 is 2.26 bits per heavy atom. The number of carbonyl (C=O) groups excluding carboxylic acids is 1. The standard InChI is InChI=1S/C23H25ClFNO5/c24-18-10-19(25)12-21(11-18)26(20-4-2-1-3-5-20)23(29)31-14-17-8-6-16(7-9-17)13-30-15-22(27)28/h1-5,10-12,16-17H,6-9,13-15H2,(H,27,28). The molecule has 0 bridgehead atoms. The van der Waals surface area contributed by atoms with Gasteiger partial charge in [0.25, 0.3) is 0 Å². The molecule has 0 aromatic heterocycles. The molecule has 0 unspecified atom stereocenters. The van der Waals surface area contributed by atoms with Crippen LogP contribution in [-0.4, -0.2) is 37.0 Å². The van der Waals surface area contributed by atoms with Crippen LogP contribution in [0.1, 0.15) is 25.7 Å². The van der Waals surface area contributed by atoms with Crippen molar-refractivity contribution < 1.29 is 28.6 Å². The zero-order valence-corrected chi connectivity index (χ0v) is 17.8. The second kappa shape index (κ2) is 11.1. The number of carbonyl (C=O) groups is 2. The van der Waals surface area contributed by atoms with E-state index in [1.165, 1.54) is 23.1 Å². The molecule has 1 amide bonds. The molecule has 6 nitrogen and oxygen atoms in total. The summed E-state index contributed by atoms with van der Waals surface area (Å²) in [6.07, 6.45) is 2.92. The highest BCUT2D eigenvalue weighted by Crippen LogP contribution is 2.32. The number of aliphatic carboxylic acids is 1. The molecule has 1 aliphatic rings.